The van der Waals surface area contributed by atoms with Crippen LogP contribution in [-0.2, 0) is 6.54 Å². The van der Waals surface area contributed by atoms with Crippen LogP contribution in [0.25, 0.3) is 0 Å². The summed E-state index contributed by atoms with van der Waals surface area (Å²) in [7, 11) is 1.72. The summed E-state index contributed by atoms with van der Waals surface area (Å²) in [5, 5.41) is 3.63. The fourth-order valence-corrected chi connectivity index (χ4v) is 3.02. The Bertz CT molecular complexity index is 421. The molecule has 1 N–H and O–H groups in total. The number of hydrogen-bond acceptors (Lipinski definition) is 2. The van der Waals surface area contributed by atoms with Gasteiger partial charge in [-0.25, -0.2) is 0 Å². The van der Waals surface area contributed by atoms with E-state index < -0.39 is 0 Å². The van der Waals surface area contributed by atoms with E-state index in [1.54, 1.807) is 7.11 Å². The normalized spacial score (nSPS) is 12.6. The number of ether oxygens (including phenoxy) is 1. The topological polar surface area (TPSA) is 21.3 Å². The van der Waals surface area contributed by atoms with Gasteiger partial charge >= 0.3 is 0 Å². The molecule has 0 aliphatic carbocycles. The minimum atomic E-state index is 0.103. The zero-order chi connectivity index (χ0) is 14.7. The van der Waals surface area contributed by atoms with Crippen molar-refractivity contribution >= 4 is 15.9 Å². The predicted molar refractivity (Wildman–Crippen MR) is 85.7 cm³/mol. The van der Waals surface area contributed by atoms with E-state index in [0.717, 1.165) is 23.2 Å². The minimum Gasteiger partial charge on any atom is -0.496 e. The van der Waals surface area contributed by atoms with Gasteiger partial charge in [0.2, 0.25) is 0 Å². The Balaban J connectivity index is 2.73. The Labute approximate surface area is 126 Å². The third kappa shape index (κ3) is 5.96. The quantitative estimate of drug-likeness (QED) is 0.841. The van der Waals surface area contributed by atoms with Crippen molar-refractivity contribution in [3.05, 3.63) is 28.2 Å². The second-order valence-corrected chi connectivity index (χ2v) is 7.85. The molecule has 19 heavy (non-hydrogen) atoms. The fraction of sp³-hybridized carbons (Fsp3) is 0.625. The largest absolute Gasteiger partial charge is 0.496 e. The number of halogens is 1. The maximum Gasteiger partial charge on any atom is 0.123 e. The second kappa shape index (κ2) is 6.27. The third-order valence-electron chi connectivity index (χ3n) is 2.97. The Hall–Kier alpha value is -0.540. The Kier molecular flexibility index (Phi) is 5.45. The van der Waals surface area contributed by atoms with Crippen LogP contribution in [-0.4, -0.2) is 12.6 Å². The summed E-state index contributed by atoms with van der Waals surface area (Å²) in [5.41, 5.74) is 1.60. The second-order valence-electron chi connectivity index (χ2n) is 6.93. The smallest absolute Gasteiger partial charge is 0.123 e. The highest BCUT2D eigenvalue weighted by molar-refractivity contribution is 9.10. The van der Waals surface area contributed by atoms with Crippen LogP contribution in [0.2, 0.25) is 0 Å². The molecule has 0 aromatic heterocycles. The van der Waals surface area contributed by atoms with Crippen LogP contribution < -0.4 is 10.1 Å². The summed E-state index contributed by atoms with van der Waals surface area (Å²) in [6.07, 6.45) is 1.12. The van der Waals surface area contributed by atoms with Crippen molar-refractivity contribution in [3.63, 3.8) is 0 Å². The van der Waals surface area contributed by atoms with Gasteiger partial charge in [0.05, 0.1) is 7.11 Å². The van der Waals surface area contributed by atoms with Crippen LogP contribution in [0.1, 0.15) is 46.6 Å². The molecular weight excluding hydrogens is 302 g/mol. The van der Waals surface area contributed by atoms with Crippen molar-refractivity contribution in [2.24, 2.45) is 5.41 Å². The SMILES string of the molecule is COc1ccc(Br)cc1CNC(C)(C)CC(C)(C)C. The molecule has 0 unspecified atom stereocenters. The van der Waals surface area contributed by atoms with Crippen LogP contribution in [0.5, 0.6) is 5.75 Å². The first kappa shape index (κ1) is 16.5. The van der Waals surface area contributed by atoms with Gasteiger partial charge in [-0.3, -0.25) is 0 Å². The highest BCUT2D eigenvalue weighted by atomic mass is 79.9. The number of rotatable bonds is 5. The summed E-state index contributed by atoms with van der Waals surface area (Å²) in [6, 6.07) is 6.11. The van der Waals surface area contributed by atoms with Crippen molar-refractivity contribution < 1.29 is 4.74 Å². The van der Waals surface area contributed by atoms with Gasteiger partial charge in [-0.1, -0.05) is 36.7 Å². The summed E-state index contributed by atoms with van der Waals surface area (Å²) < 4.78 is 6.49. The van der Waals surface area contributed by atoms with E-state index in [2.05, 4.69) is 61.9 Å². The Morgan fingerprint density at radius 2 is 1.79 bits per heavy atom. The molecule has 2 nitrogen and oxygen atoms in total. The minimum absolute atomic E-state index is 0.103. The summed E-state index contributed by atoms with van der Waals surface area (Å²) in [4.78, 5) is 0. The zero-order valence-electron chi connectivity index (χ0n) is 12.9. The van der Waals surface area contributed by atoms with Gasteiger partial charge in [0.1, 0.15) is 5.75 Å². The van der Waals surface area contributed by atoms with Gasteiger partial charge in [0, 0.05) is 22.1 Å². The van der Waals surface area contributed by atoms with Gasteiger partial charge in [-0.15, -0.1) is 0 Å². The van der Waals surface area contributed by atoms with Crippen molar-refractivity contribution in [3.8, 4) is 5.75 Å². The first-order chi connectivity index (χ1) is 8.63. The van der Waals surface area contributed by atoms with Gasteiger partial charge < -0.3 is 10.1 Å². The van der Waals surface area contributed by atoms with E-state index in [4.69, 9.17) is 4.74 Å². The van der Waals surface area contributed by atoms with Crippen molar-refractivity contribution in [1.82, 2.24) is 5.32 Å². The molecule has 0 atom stereocenters. The van der Waals surface area contributed by atoms with Crippen LogP contribution in [0.3, 0.4) is 0 Å². The van der Waals surface area contributed by atoms with Crippen LogP contribution in [0.15, 0.2) is 22.7 Å². The molecule has 0 saturated carbocycles. The maximum absolute atomic E-state index is 5.41. The predicted octanol–water partition coefficient (Wildman–Crippen LogP) is 4.76. The number of methoxy groups -OCH3 is 1. The molecule has 1 rings (SSSR count). The highest BCUT2D eigenvalue weighted by Gasteiger charge is 2.25. The zero-order valence-corrected chi connectivity index (χ0v) is 14.5. The lowest BCUT2D eigenvalue weighted by Crippen LogP contribution is -2.41. The molecule has 1 aromatic rings. The first-order valence-corrected chi connectivity index (χ1v) is 7.50. The molecule has 0 aliphatic heterocycles. The molecule has 0 spiro atoms. The van der Waals surface area contributed by atoms with E-state index >= 15 is 0 Å². The van der Waals surface area contributed by atoms with Gasteiger partial charge in [0.15, 0.2) is 0 Å². The van der Waals surface area contributed by atoms with E-state index in [9.17, 15) is 0 Å². The van der Waals surface area contributed by atoms with E-state index in [1.807, 2.05) is 12.1 Å². The number of benzene rings is 1. The summed E-state index contributed by atoms with van der Waals surface area (Å²) in [5.74, 6) is 0.933. The molecule has 1 aromatic carbocycles. The summed E-state index contributed by atoms with van der Waals surface area (Å²) in [6.45, 7) is 12.1. The monoisotopic (exact) mass is 327 g/mol. The Morgan fingerprint density at radius 3 is 2.32 bits per heavy atom. The lowest BCUT2D eigenvalue weighted by atomic mass is 9.82. The molecular formula is C16H26BrNO. The maximum atomic E-state index is 5.41. The van der Waals surface area contributed by atoms with E-state index in [-0.39, 0.29) is 5.54 Å². The molecule has 0 saturated heterocycles. The third-order valence-corrected chi connectivity index (χ3v) is 3.47. The van der Waals surface area contributed by atoms with Gasteiger partial charge in [-0.05, 0) is 43.9 Å². The average molecular weight is 328 g/mol. The lowest BCUT2D eigenvalue weighted by molar-refractivity contribution is 0.240. The van der Waals surface area contributed by atoms with Crippen LogP contribution >= 0.6 is 15.9 Å². The molecule has 0 fully saturated rings. The van der Waals surface area contributed by atoms with Crippen molar-refractivity contribution in [1.29, 1.82) is 0 Å². The van der Waals surface area contributed by atoms with Crippen molar-refractivity contribution in [2.75, 3.05) is 7.11 Å². The van der Waals surface area contributed by atoms with E-state index in [1.165, 1.54) is 5.56 Å². The van der Waals surface area contributed by atoms with E-state index in [0.29, 0.717) is 5.41 Å². The molecule has 0 radical (unpaired) electrons. The molecule has 108 valence electrons. The summed E-state index contributed by atoms with van der Waals surface area (Å²) >= 11 is 3.51. The number of nitrogens with one attached hydrogen (secondary N) is 1. The fourth-order valence-electron chi connectivity index (χ4n) is 2.61. The van der Waals surface area contributed by atoms with Crippen molar-refractivity contribution in [2.45, 2.75) is 53.1 Å². The molecule has 0 heterocycles. The highest BCUT2D eigenvalue weighted by Crippen LogP contribution is 2.28. The first-order valence-electron chi connectivity index (χ1n) is 6.70. The molecule has 0 bridgehead atoms. The molecule has 0 aliphatic rings. The van der Waals surface area contributed by atoms with Crippen LogP contribution in [0.4, 0.5) is 0 Å². The number of hydrogen-bond donors (Lipinski definition) is 1. The van der Waals surface area contributed by atoms with Gasteiger partial charge in [0.25, 0.3) is 0 Å². The molecule has 3 heteroatoms. The lowest BCUT2D eigenvalue weighted by Gasteiger charge is -2.33. The van der Waals surface area contributed by atoms with Crippen LogP contribution in [0, 0.1) is 5.41 Å². The van der Waals surface area contributed by atoms with Gasteiger partial charge in [-0.2, -0.15) is 0 Å². The Morgan fingerprint density at radius 1 is 1.16 bits per heavy atom. The standard InChI is InChI=1S/C16H26BrNO/c1-15(2,3)11-16(4,5)18-10-12-9-13(17)7-8-14(12)19-6/h7-9,18H,10-11H2,1-6H3. The average Bonchev–Trinajstić information content (AvgIpc) is 2.23. The molecule has 0 amide bonds.